The maximum absolute atomic E-state index is 11.8. The van der Waals surface area contributed by atoms with Crippen LogP contribution >= 0.6 is 0 Å². The molecule has 0 spiro atoms. The van der Waals surface area contributed by atoms with Gasteiger partial charge < -0.3 is 20.6 Å². The minimum Gasteiger partial charge on any atom is -0.394 e. The first-order chi connectivity index (χ1) is 8.67. The number of hydrogen-bond acceptors (Lipinski definition) is 4. The van der Waals surface area contributed by atoms with Crippen molar-refractivity contribution in [2.45, 2.75) is 32.2 Å². The summed E-state index contributed by atoms with van der Waals surface area (Å²) in [6.07, 6.45) is 1.13. The third-order valence-corrected chi connectivity index (χ3v) is 3.11. The Morgan fingerprint density at radius 1 is 1.33 bits per heavy atom. The smallest absolute Gasteiger partial charge is 0.223 e. The predicted octanol–water partition coefficient (Wildman–Crippen LogP) is -0.914. The van der Waals surface area contributed by atoms with Crippen molar-refractivity contribution >= 4 is 11.8 Å². The molecule has 0 aromatic heterocycles. The van der Waals surface area contributed by atoms with Gasteiger partial charge in [0.2, 0.25) is 11.8 Å². The van der Waals surface area contributed by atoms with Crippen LogP contribution in [0.5, 0.6) is 0 Å². The zero-order chi connectivity index (χ0) is 13.4. The number of piperazine rings is 1. The Labute approximate surface area is 108 Å². The largest absolute Gasteiger partial charge is 0.394 e. The van der Waals surface area contributed by atoms with Gasteiger partial charge in [0.15, 0.2) is 0 Å². The Hall–Kier alpha value is -1.14. The van der Waals surface area contributed by atoms with E-state index in [4.69, 9.17) is 5.11 Å². The van der Waals surface area contributed by atoms with E-state index in [0.717, 1.165) is 13.1 Å². The van der Waals surface area contributed by atoms with Crippen molar-refractivity contribution in [3.8, 4) is 0 Å². The summed E-state index contributed by atoms with van der Waals surface area (Å²) in [5, 5.41) is 14.8. The lowest BCUT2D eigenvalue weighted by molar-refractivity contribution is -0.134. The molecule has 1 saturated heterocycles. The lowest BCUT2D eigenvalue weighted by Gasteiger charge is -2.27. The molecule has 0 bridgehead atoms. The molecule has 2 amide bonds. The molecule has 6 nitrogen and oxygen atoms in total. The van der Waals surface area contributed by atoms with Gasteiger partial charge in [0, 0.05) is 39.0 Å². The molecule has 1 unspecified atom stereocenters. The summed E-state index contributed by atoms with van der Waals surface area (Å²) in [4.78, 5) is 25.1. The number of nitrogens with zero attached hydrogens (tertiary/aromatic N) is 1. The number of rotatable bonds is 6. The van der Waals surface area contributed by atoms with Gasteiger partial charge in [0.05, 0.1) is 12.6 Å². The number of hydrogen-bond donors (Lipinski definition) is 3. The molecule has 18 heavy (non-hydrogen) atoms. The molecule has 1 rings (SSSR count). The molecule has 0 aromatic carbocycles. The summed E-state index contributed by atoms with van der Waals surface area (Å²) < 4.78 is 0. The molecule has 1 aliphatic heterocycles. The number of carbonyl (C=O) groups excluding carboxylic acids is 2. The lowest BCUT2D eigenvalue weighted by Crippen LogP contribution is -2.46. The van der Waals surface area contributed by atoms with E-state index >= 15 is 0 Å². The maximum Gasteiger partial charge on any atom is 0.223 e. The first-order valence-electron chi connectivity index (χ1n) is 6.56. The highest BCUT2D eigenvalue weighted by molar-refractivity contribution is 5.84. The van der Waals surface area contributed by atoms with Crippen LogP contribution in [0.4, 0.5) is 0 Å². The highest BCUT2D eigenvalue weighted by atomic mass is 16.3. The Bertz CT molecular complexity index is 274. The van der Waals surface area contributed by atoms with Gasteiger partial charge in [-0.2, -0.15) is 0 Å². The predicted molar refractivity (Wildman–Crippen MR) is 68.0 cm³/mol. The lowest BCUT2D eigenvalue weighted by atomic mass is 10.2. The molecule has 104 valence electrons. The zero-order valence-electron chi connectivity index (χ0n) is 10.9. The van der Waals surface area contributed by atoms with E-state index in [1.165, 1.54) is 0 Å². The van der Waals surface area contributed by atoms with Crippen molar-refractivity contribution in [1.82, 2.24) is 15.5 Å². The number of nitrogens with one attached hydrogen (secondary N) is 2. The average Bonchev–Trinajstić information content (AvgIpc) is 2.43. The SMILES string of the molecule is CCC(CO)NC(=O)CCC(=O)N1CCNCC1. The Morgan fingerprint density at radius 2 is 2.00 bits per heavy atom. The molecule has 1 heterocycles. The second-order valence-corrected chi connectivity index (χ2v) is 4.49. The van der Waals surface area contributed by atoms with Gasteiger partial charge in [-0.15, -0.1) is 0 Å². The molecule has 6 heteroatoms. The van der Waals surface area contributed by atoms with Crippen LogP contribution in [-0.4, -0.2) is 60.6 Å². The third kappa shape index (κ3) is 5.01. The topological polar surface area (TPSA) is 81.7 Å². The minimum atomic E-state index is -0.202. The van der Waals surface area contributed by atoms with Crippen molar-refractivity contribution in [2.24, 2.45) is 0 Å². The van der Waals surface area contributed by atoms with Gasteiger partial charge in [-0.05, 0) is 6.42 Å². The fourth-order valence-corrected chi connectivity index (χ4v) is 1.87. The zero-order valence-corrected chi connectivity index (χ0v) is 10.9. The van der Waals surface area contributed by atoms with Crippen molar-refractivity contribution in [3.05, 3.63) is 0 Å². The van der Waals surface area contributed by atoms with Crippen LogP contribution in [0.3, 0.4) is 0 Å². The van der Waals surface area contributed by atoms with E-state index < -0.39 is 0 Å². The second-order valence-electron chi connectivity index (χ2n) is 4.49. The molecular weight excluding hydrogens is 234 g/mol. The van der Waals surface area contributed by atoms with Crippen molar-refractivity contribution in [3.63, 3.8) is 0 Å². The molecular formula is C12H23N3O3. The Morgan fingerprint density at radius 3 is 2.56 bits per heavy atom. The van der Waals surface area contributed by atoms with Gasteiger partial charge in [-0.1, -0.05) is 6.92 Å². The van der Waals surface area contributed by atoms with Crippen molar-refractivity contribution in [1.29, 1.82) is 0 Å². The standard InChI is InChI=1S/C12H23N3O3/c1-2-10(9-16)14-11(17)3-4-12(18)15-7-5-13-6-8-15/h10,13,16H,2-9H2,1H3,(H,14,17). The second kappa shape index (κ2) is 8.05. The van der Waals surface area contributed by atoms with Gasteiger partial charge in [-0.25, -0.2) is 0 Å². The van der Waals surface area contributed by atoms with Crippen molar-refractivity contribution in [2.75, 3.05) is 32.8 Å². The average molecular weight is 257 g/mol. The molecule has 1 fully saturated rings. The highest BCUT2D eigenvalue weighted by Gasteiger charge is 2.17. The van der Waals surface area contributed by atoms with Gasteiger partial charge >= 0.3 is 0 Å². The van der Waals surface area contributed by atoms with Crippen LogP contribution in [0.15, 0.2) is 0 Å². The van der Waals surface area contributed by atoms with E-state index in [-0.39, 0.29) is 37.3 Å². The quantitative estimate of drug-likeness (QED) is 0.575. The summed E-state index contributed by atoms with van der Waals surface area (Å²) in [7, 11) is 0. The first kappa shape index (κ1) is 14.9. The number of carbonyl (C=O) groups is 2. The molecule has 0 aromatic rings. The maximum atomic E-state index is 11.8. The molecule has 0 radical (unpaired) electrons. The summed E-state index contributed by atoms with van der Waals surface area (Å²) in [6, 6.07) is -0.202. The fourth-order valence-electron chi connectivity index (χ4n) is 1.87. The summed E-state index contributed by atoms with van der Waals surface area (Å²) in [5.41, 5.74) is 0. The molecule has 3 N–H and O–H groups in total. The van der Waals surface area contributed by atoms with E-state index in [1.54, 1.807) is 4.90 Å². The molecule has 0 saturated carbocycles. The molecule has 1 atom stereocenters. The first-order valence-corrected chi connectivity index (χ1v) is 6.56. The number of aliphatic hydroxyl groups excluding tert-OH is 1. The summed E-state index contributed by atoms with van der Waals surface area (Å²) in [5.74, 6) is -0.136. The van der Waals surface area contributed by atoms with E-state index in [0.29, 0.717) is 19.5 Å². The van der Waals surface area contributed by atoms with Crippen LogP contribution in [0, 0.1) is 0 Å². The number of amides is 2. The minimum absolute atomic E-state index is 0.0312. The molecule has 1 aliphatic rings. The van der Waals surface area contributed by atoms with Gasteiger partial charge in [-0.3, -0.25) is 9.59 Å². The fraction of sp³-hybridized carbons (Fsp3) is 0.833. The van der Waals surface area contributed by atoms with E-state index in [1.807, 2.05) is 6.92 Å². The highest BCUT2D eigenvalue weighted by Crippen LogP contribution is 2.01. The van der Waals surface area contributed by atoms with Gasteiger partial charge in [0.25, 0.3) is 0 Å². The van der Waals surface area contributed by atoms with Crippen LogP contribution in [0.1, 0.15) is 26.2 Å². The van der Waals surface area contributed by atoms with Crippen LogP contribution in [-0.2, 0) is 9.59 Å². The van der Waals surface area contributed by atoms with E-state index in [9.17, 15) is 9.59 Å². The molecule has 0 aliphatic carbocycles. The normalized spacial score (nSPS) is 17.3. The van der Waals surface area contributed by atoms with Crippen LogP contribution in [0.25, 0.3) is 0 Å². The third-order valence-electron chi connectivity index (χ3n) is 3.11. The summed E-state index contributed by atoms with van der Waals surface area (Å²) in [6.45, 7) is 4.91. The summed E-state index contributed by atoms with van der Waals surface area (Å²) >= 11 is 0. The van der Waals surface area contributed by atoms with Crippen LogP contribution < -0.4 is 10.6 Å². The number of aliphatic hydroxyl groups is 1. The van der Waals surface area contributed by atoms with E-state index in [2.05, 4.69) is 10.6 Å². The van der Waals surface area contributed by atoms with Crippen molar-refractivity contribution < 1.29 is 14.7 Å². The van der Waals surface area contributed by atoms with Gasteiger partial charge in [0.1, 0.15) is 0 Å². The monoisotopic (exact) mass is 257 g/mol. The van der Waals surface area contributed by atoms with Crippen LogP contribution in [0.2, 0.25) is 0 Å². The Balaban J connectivity index is 2.22. The Kier molecular flexibility index (Phi) is 6.67.